The average Bonchev–Trinajstić information content (AvgIpc) is 3.41. The fourth-order valence-corrected chi connectivity index (χ4v) is 4.86. The molecule has 0 aliphatic heterocycles. The third kappa shape index (κ3) is 5.22. The SMILES string of the molecule is CCCOC(=O)c1c(NC(=O)c2ccn(COc3ccc(F)cc3F)n2)sc2c1CCCC2. The molecule has 0 bridgehead atoms. The predicted molar refractivity (Wildman–Crippen MR) is 119 cm³/mol. The Kier molecular flexibility index (Phi) is 7.02. The highest BCUT2D eigenvalue weighted by Gasteiger charge is 2.28. The fraction of sp³-hybridized carbons (Fsp3) is 0.348. The van der Waals surface area contributed by atoms with E-state index in [1.54, 1.807) is 0 Å². The van der Waals surface area contributed by atoms with Gasteiger partial charge in [0.15, 0.2) is 24.0 Å². The number of amides is 1. The van der Waals surface area contributed by atoms with Crippen LogP contribution in [0, 0.1) is 11.6 Å². The summed E-state index contributed by atoms with van der Waals surface area (Å²) < 4.78 is 38.7. The predicted octanol–water partition coefficient (Wildman–Crippen LogP) is 4.96. The molecule has 1 aromatic carbocycles. The second-order valence-electron chi connectivity index (χ2n) is 7.59. The number of halogens is 2. The van der Waals surface area contributed by atoms with E-state index in [2.05, 4.69) is 10.4 Å². The highest BCUT2D eigenvalue weighted by atomic mass is 32.1. The van der Waals surface area contributed by atoms with Crippen LogP contribution in [0.4, 0.5) is 13.8 Å². The largest absolute Gasteiger partial charge is 0.468 e. The van der Waals surface area contributed by atoms with E-state index in [0.717, 1.165) is 48.3 Å². The van der Waals surface area contributed by atoms with E-state index in [9.17, 15) is 18.4 Å². The van der Waals surface area contributed by atoms with Crippen molar-refractivity contribution >= 4 is 28.2 Å². The molecule has 0 atom stereocenters. The van der Waals surface area contributed by atoms with Crippen LogP contribution in [0.1, 0.15) is 57.5 Å². The van der Waals surface area contributed by atoms with Crippen LogP contribution in [0.5, 0.6) is 5.75 Å². The zero-order chi connectivity index (χ0) is 23.4. The van der Waals surface area contributed by atoms with Gasteiger partial charge in [-0.15, -0.1) is 11.3 Å². The van der Waals surface area contributed by atoms with Crippen LogP contribution in [-0.2, 0) is 24.3 Å². The van der Waals surface area contributed by atoms with Crippen molar-refractivity contribution in [3.63, 3.8) is 0 Å². The van der Waals surface area contributed by atoms with Crippen molar-refractivity contribution in [3.05, 3.63) is 63.8 Å². The smallest absolute Gasteiger partial charge is 0.341 e. The van der Waals surface area contributed by atoms with E-state index in [-0.39, 0.29) is 18.2 Å². The van der Waals surface area contributed by atoms with Crippen molar-refractivity contribution in [3.8, 4) is 5.75 Å². The second kappa shape index (κ2) is 10.1. The average molecular weight is 476 g/mol. The highest BCUT2D eigenvalue weighted by Crippen LogP contribution is 2.38. The summed E-state index contributed by atoms with van der Waals surface area (Å²) in [4.78, 5) is 26.6. The first-order valence-corrected chi connectivity index (χ1v) is 11.5. The van der Waals surface area contributed by atoms with Crippen LogP contribution in [-0.4, -0.2) is 28.3 Å². The third-order valence-corrected chi connectivity index (χ3v) is 6.37. The van der Waals surface area contributed by atoms with E-state index >= 15 is 0 Å². The maximum Gasteiger partial charge on any atom is 0.341 e. The van der Waals surface area contributed by atoms with Crippen LogP contribution in [0.3, 0.4) is 0 Å². The van der Waals surface area contributed by atoms with Gasteiger partial charge in [-0.2, -0.15) is 5.10 Å². The first-order valence-electron chi connectivity index (χ1n) is 10.7. The minimum absolute atomic E-state index is 0.109. The van der Waals surface area contributed by atoms with Gasteiger partial charge in [0, 0.05) is 17.1 Å². The number of aromatic nitrogens is 2. The first-order chi connectivity index (χ1) is 16.0. The summed E-state index contributed by atoms with van der Waals surface area (Å²) in [6, 6.07) is 4.48. The number of benzene rings is 1. The molecule has 0 radical (unpaired) electrons. The standard InChI is InChI=1S/C23H23F2N3O4S/c1-2-11-31-23(30)20-15-5-3-4-6-19(15)33-22(20)26-21(29)17-9-10-28(27-17)13-32-18-8-7-14(24)12-16(18)25/h7-10,12H,2-6,11,13H2,1H3,(H,26,29). The van der Waals surface area contributed by atoms with Gasteiger partial charge in [0.1, 0.15) is 10.8 Å². The third-order valence-electron chi connectivity index (χ3n) is 5.16. The number of thiophene rings is 1. The molecule has 10 heteroatoms. The van der Waals surface area contributed by atoms with E-state index in [0.29, 0.717) is 23.6 Å². The minimum atomic E-state index is -0.829. The number of nitrogens with one attached hydrogen (secondary N) is 1. The van der Waals surface area contributed by atoms with Crippen molar-refractivity contribution in [2.45, 2.75) is 45.8 Å². The molecule has 3 aromatic rings. The van der Waals surface area contributed by atoms with E-state index in [1.807, 2.05) is 6.92 Å². The van der Waals surface area contributed by atoms with Crippen molar-refractivity contribution < 1.29 is 27.8 Å². The van der Waals surface area contributed by atoms with E-state index in [1.165, 1.54) is 34.3 Å². The van der Waals surface area contributed by atoms with Gasteiger partial charge in [-0.25, -0.2) is 18.3 Å². The fourth-order valence-electron chi connectivity index (χ4n) is 3.59. The lowest BCUT2D eigenvalue weighted by Crippen LogP contribution is -2.17. The maximum atomic E-state index is 13.7. The molecule has 1 amide bonds. The number of esters is 1. The molecule has 4 rings (SSSR count). The number of rotatable bonds is 8. The Bertz CT molecular complexity index is 1170. The van der Waals surface area contributed by atoms with Gasteiger partial charge in [0.2, 0.25) is 0 Å². The molecule has 1 aliphatic rings. The van der Waals surface area contributed by atoms with Crippen molar-refractivity contribution in [1.29, 1.82) is 0 Å². The molecule has 2 aromatic heterocycles. The lowest BCUT2D eigenvalue weighted by molar-refractivity contribution is 0.0505. The summed E-state index contributed by atoms with van der Waals surface area (Å²) in [5.74, 6) is -2.57. The van der Waals surface area contributed by atoms with Crippen LogP contribution < -0.4 is 10.1 Å². The molecule has 1 N–H and O–H groups in total. The Morgan fingerprint density at radius 1 is 1.21 bits per heavy atom. The monoisotopic (exact) mass is 475 g/mol. The summed E-state index contributed by atoms with van der Waals surface area (Å²) in [5.41, 5.74) is 1.51. The molecule has 7 nitrogen and oxygen atoms in total. The van der Waals surface area contributed by atoms with Crippen molar-refractivity contribution in [2.24, 2.45) is 0 Å². The quantitative estimate of drug-likeness (QED) is 0.466. The number of anilines is 1. The molecule has 0 saturated carbocycles. The van der Waals surface area contributed by atoms with Crippen LogP contribution >= 0.6 is 11.3 Å². The summed E-state index contributed by atoms with van der Waals surface area (Å²) >= 11 is 1.40. The Labute approximate surface area is 193 Å². The Morgan fingerprint density at radius 3 is 2.82 bits per heavy atom. The number of aryl methyl sites for hydroxylation is 1. The van der Waals surface area contributed by atoms with E-state index in [4.69, 9.17) is 9.47 Å². The molecule has 33 heavy (non-hydrogen) atoms. The van der Waals surface area contributed by atoms with Gasteiger partial charge in [0.25, 0.3) is 5.91 Å². The number of hydrogen-bond donors (Lipinski definition) is 1. The normalized spacial score (nSPS) is 12.8. The Balaban J connectivity index is 1.47. The summed E-state index contributed by atoms with van der Waals surface area (Å²) in [6.45, 7) is 2.07. The Hall–Kier alpha value is -3.27. The molecule has 0 saturated heterocycles. The number of carbonyl (C=O) groups is 2. The summed E-state index contributed by atoms with van der Waals surface area (Å²) in [5, 5.41) is 7.42. The molecule has 0 fully saturated rings. The topological polar surface area (TPSA) is 82.5 Å². The van der Waals surface area contributed by atoms with Gasteiger partial charge in [-0.1, -0.05) is 6.92 Å². The van der Waals surface area contributed by atoms with Gasteiger partial charge >= 0.3 is 5.97 Å². The van der Waals surface area contributed by atoms with Gasteiger partial charge < -0.3 is 14.8 Å². The molecule has 0 spiro atoms. The van der Waals surface area contributed by atoms with Crippen LogP contribution in [0.15, 0.2) is 30.5 Å². The molecule has 1 aliphatic carbocycles. The van der Waals surface area contributed by atoms with Gasteiger partial charge in [-0.05, 0) is 55.9 Å². The first kappa shape index (κ1) is 22.9. The van der Waals surface area contributed by atoms with Crippen LogP contribution in [0.2, 0.25) is 0 Å². The molecule has 2 heterocycles. The lowest BCUT2D eigenvalue weighted by Gasteiger charge is -2.12. The number of ether oxygens (including phenoxy) is 2. The van der Waals surface area contributed by atoms with Gasteiger partial charge in [0.05, 0.1) is 12.2 Å². The lowest BCUT2D eigenvalue weighted by atomic mass is 9.95. The molecule has 0 unspecified atom stereocenters. The van der Waals surface area contributed by atoms with Crippen molar-refractivity contribution in [2.75, 3.05) is 11.9 Å². The molecule has 174 valence electrons. The zero-order valence-corrected chi connectivity index (χ0v) is 18.8. The van der Waals surface area contributed by atoms with Crippen LogP contribution in [0.25, 0.3) is 0 Å². The summed E-state index contributed by atoms with van der Waals surface area (Å²) in [7, 11) is 0. The molecular formula is C23H23F2N3O4S. The minimum Gasteiger partial charge on any atom is -0.468 e. The maximum absolute atomic E-state index is 13.7. The zero-order valence-electron chi connectivity index (χ0n) is 18.0. The number of carbonyl (C=O) groups excluding carboxylic acids is 2. The number of fused-ring (bicyclic) bond motifs is 1. The number of nitrogens with zero attached hydrogens (tertiary/aromatic N) is 2. The summed E-state index contributed by atoms with van der Waals surface area (Å²) in [6.07, 6.45) is 5.90. The van der Waals surface area contributed by atoms with Gasteiger partial charge in [-0.3, -0.25) is 4.79 Å². The Morgan fingerprint density at radius 2 is 2.03 bits per heavy atom. The second-order valence-corrected chi connectivity index (χ2v) is 8.70. The van der Waals surface area contributed by atoms with Crippen molar-refractivity contribution in [1.82, 2.24) is 9.78 Å². The molecular weight excluding hydrogens is 452 g/mol. The number of hydrogen-bond acceptors (Lipinski definition) is 6. The highest BCUT2D eigenvalue weighted by molar-refractivity contribution is 7.17. The van der Waals surface area contributed by atoms with E-state index < -0.39 is 23.5 Å².